The van der Waals surface area contributed by atoms with Crippen LogP contribution in [0, 0.1) is 0 Å². The van der Waals surface area contributed by atoms with Gasteiger partial charge in [0, 0.05) is 11.3 Å². The molecule has 130 valence electrons. The lowest BCUT2D eigenvalue weighted by molar-refractivity contribution is 0.0606. The van der Waals surface area contributed by atoms with Crippen molar-refractivity contribution < 1.29 is 9.53 Å². The number of ether oxygens (including phenoxy) is 1. The molecule has 1 aromatic carbocycles. The molecule has 3 aromatic rings. The lowest BCUT2D eigenvalue weighted by atomic mass is 9.83. The van der Waals surface area contributed by atoms with Gasteiger partial charge in [-0.2, -0.15) is 0 Å². The van der Waals surface area contributed by atoms with Gasteiger partial charge in [0.1, 0.15) is 4.88 Å². The Morgan fingerprint density at radius 2 is 2.00 bits per heavy atom. The van der Waals surface area contributed by atoms with Crippen LogP contribution >= 0.6 is 11.3 Å². The zero-order valence-corrected chi connectivity index (χ0v) is 15.1. The van der Waals surface area contributed by atoms with Crippen LogP contribution in [0.15, 0.2) is 30.3 Å². The fraction of sp³-hybridized carbons (Fsp3) is 0.350. The molecule has 0 unspecified atom stereocenters. The molecule has 3 N–H and O–H groups in total. The van der Waals surface area contributed by atoms with E-state index in [1.54, 1.807) is 0 Å². The number of thiophene rings is 1. The van der Waals surface area contributed by atoms with Crippen LogP contribution in [0.2, 0.25) is 0 Å². The summed E-state index contributed by atoms with van der Waals surface area (Å²) >= 11 is 1.52. The minimum absolute atomic E-state index is 0.273. The average molecular weight is 354 g/mol. The Hall–Kier alpha value is -2.27. The van der Waals surface area contributed by atoms with Gasteiger partial charge in [-0.15, -0.1) is 11.3 Å². The third kappa shape index (κ3) is 2.82. The largest absolute Gasteiger partial charge is 0.465 e. The number of hydrogen-bond donors (Lipinski definition) is 2. The summed E-state index contributed by atoms with van der Waals surface area (Å²) in [5.74, 6) is 0.242. The molecule has 4 nitrogen and oxygen atoms in total. The first kappa shape index (κ1) is 16.2. The zero-order valence-electron chi connectivity index (χ0n) is 14.3. The van der Waals surface area contributed by atoms with Gasteiger partial charge in [-0.3, -0.25) is 0 Å². The molecule has 1 aliphatic rings. The quantitative estimate of drug-likeness (QED) is 0.494. The molecule has 2 aromatic heterocycles. The Balaban J connectivity index is 1.91. The van der Waals surface area contributed by atoms with Crippen LogP contribution < -0.4 is 5.73 Å². The van der Waals surface area contributed by atoms with Crippen LogP contribution in [-0.2, 0) is 4.74 Å². The van der Waals surface area contributed by atoms with Crippen LogP contribution in [0.25, 0.3) is 21.5 Å². The van der Waals surface area contributed by atoms with Crippen molar-refractivity contribution in [2.24, 2.45) is 0 Å². The van der Waals surface area contributed by atoms with Crippen molar-refractivity contribution in [3.05, 3.63) is 40.8 Å². The van der Waals surface area contributed by atoms with E-state index in [9.17, 15) is 4.79 Å². The van der Waals surface area contributed by atoms with Crippen molar-refractivity contribution in [3.8, 4) is 11.3 Å². The molecule has 0 atom stereocenters. The molecule has 25 heavy (non-hydrogen) atoms. The highest BCUT2D eigenvalue weighted by atomic mass is 32.1. The van der Waals surface area contributed by atoms with E-state index in [-0.39, 0.29) is 5.97 Å². The van der Waals surface area contributed by atoms with Crippen LogP contribution in [-0.4, -0.2) is 18.1 Å². The molecule has 4 rings (SSSR count). The summed E-state index contributed by atoms with van der Waals surface area (Å²) in [5.41, 5.74) is 11.5. The van der Waals surface area contributed by atoms with Crippen LogP contribution in [0.1, 0.15) is 53.3 Å². The predicted octanol–water partition coefficient (Wildman–Crippen LogP) is 5.31. The number of esters is 1. The summed E-state index contributed by atoms with van der Waals surface area (Å²) in [6.07, 6.45) is 6.22. The van der Waals surface area contributed by atoms with Crippen LogP contribution in [0.4, 0.5) is 5.69 Å². The number of hydrogen-bond acceptors (Lipinski definition) is 4. The van der Waals surface area contributed by atoms with Gasteiger partial charge < -0.3 is 15.5 Å². The molecule has 0 amide bonds. The monoisotopic (exact) mass is 354 g/mol. The van der Waals surface area contributed by atoms with Gasteiger partial charge in [0.15, 0.2) is 0 Å². The fourth-order valence-corrected chi connectivity index (χ4v) is 5.08. The van der Waals surface area contributed by atoms with Crippen molar-refractivity contribution in [2.75, 3.05) is 12.8 Å². The normalized spacial score (nSPS) is 15.6. The summed E-state index contributed by atoms with van der Waals surface area (Å²) < 4.78 is 6.06. The topological polar surface area (TPSA) is 68.1 Å². The van der Waals surface area contributed by atoms with E-state index in [1.807, 2.05) is 24.3 Å². The first-order valence-electron chi connectivity index (χ1n) is 8.77. The summed E-state index contributed by atoms with van der Waals surface area (Å²) in [6, 6.07) is 9.89. The Bertz CT molecular complexity index is 919. The molecule has 1 fully saturated rings. The number of aromatic amines is 1. The third-order valence-electron chi connectivity index (χ3n) is 5.14. The molecular formula is C20H22N2O2S. The summed E-state index contributed by atoms with van der Waals surface area (Å²) in [4.78, 5) is 16.1. The highest BCUT2D eigenvalue weighted by Gasteiger charge is 2.26. The Labute approximate surface area is 151 Å². The molecule has 0 bridgehead atoms. The minimum Gasteiger partial charge on any atom is -0.465 e. The molecule has 0 aliphatic heterocycles. The SMILES string of the molecule is COC(=O)c1cc2[nH]c(-c3ccccc3N)c(C3CCCCC3)c2s1. The lowest BCUT2D eigenvalue weighted by Crippen LogP contribution is -2.05. The number of aromatic nitrogens is 1. The highest BCUT2D eigenvalue weighted by Crippen LogP contribution is 2.45. The van der Waals surface area contributed by atoms with Gasteiger partial charge in [0.2, 0.25) is 0 Å². The summed E-state index contributed by atoms with van der Waals surface area (Å²) in [7, 11) is 1.43. The molecule has 5 heteroatoms. The van der Waals surface area contributed by atoms with Crippen molar-refractivity contribution >= 4 is 33.2 Å². The molecule has 0 saturated heterocycles. The zero-order chi connectivity index (χ0) is 17.4. The number of carbonyl (C=O) groups is 1. The second-order valence-electron chi connectivity index (χ2n) is 6.68. The van der Waals surface area contributed by atoms with E-state index in [1.165, 1.54) is 60.8 Å². The van der Waals surface area contributed by atoms with Crippen molar-refractivity contribution in [2.45, 2.75) is 38.0 Å². The maximum atomic E-state index is 11.9. The number of para-hydroxylation sites is 1. The van der Waals surface area contributed by atoms with E-state index < -0.39 is 0 Å². The smallest absolute Gasteiger partial charge is 0.348 e. The number of H-pyrrole nitrogens is 1. The Kier molecular flexibility index (Phi) is 4.25. The van der Waals surface area contributed by atoms with Crippen LogP contribution in [0.5, 0.6) is 0 Å². The number of nitrogen functional groups attached to an aromatic ring is 1. The highest BCUT2D eigenvalue weighted by molar-refractivity contribution is 7.21. The molecule has 1 aliphatic carbocycles. The molecule has 0 radical (unpaired) electrons. The number of fused-ring (bicyclic) bond motifs is 1. The maximum Gasteiger partial charge on any atom is 0.348 e. The van der Waals surface area contributed by atoms with Crippen molar-refractivity contribution in [1.82, 2.24) is 4.98 Å². The number of carbonyl (C=O) groups excluding carboxylic acids is 1. The number of anilines is 1. The van der Waals surface area contributed by atoms with Crippen molar-refractivity contribution in [1.29, 1.82) is 0 Å². The number of nitrogens with one attached hydrogen (secondary N) is 1. The maximum absolute atomic E-state index is 11.9. The van der Waals surface area contributed by atoms with E-state index in [0.717, 1.165) is 22.5 Å². The van der Waals surface area contributed by atoms with Gasteiger partial charge >= 0.3 is 5.97 Å². The van der Waals surface area contributed by atoms with E-state index >= 15 is 0 Å². The van der Waals surface area contributed by atoms with Crippen LogP contribution in [0.3, 0.4) is 0 Å². The van der Waals surface area contributed by atoms with Gasteiger partial charge in [0.25, 0.3) is 0 Å². The standard InChI is InChI=1S/C20H22N2O2S/c1-24-20(23)16-11-15-19(25-16)17(12-7-3-2-4-8-12)18(22-15)13-9-5-6-10-14(13)21/h5-6,9-12,22H,2-4,7-8,21H2,1H3. The number of benzene rings is 1. The second-order valence-corrected chi connectivity index (χ2v) is 7.73. The number of rotatable bonds is 3. The Morgan fingerprint density at radius 1 is 1.24 bits per heavy atom. The van der Waals surface area contributed by atoms with Gasteiger partial charge in [-0.1, -0.05) is 37.5 Å². The lowest BCUT2D eigenvalue weighted by Gasteiger charge is -2.23. The molecule has 0 spiro atoms. The van der Waals surface area contributed by atoms with Gasteiger partial charge in [-0.25, -0.2) is 4.79 Å². The fourth-order valence-electron chi connectivity index (χ4n) is 3.92. The number of nitrogens with two attached hydrogens (primary N) is 1. The van der Waals surface area contributed by atoms with Crippen molar-refractivity contribution in [3.63, 3.8) is 0 Å². The first-order valence-corrected chi connectivity index (χ1v) is 9.59. The molecule has 1 saturated carbocycles. The van der Waals surface area contributed by atoms with E-state index in [2.05, 4.69) is 11.1 Å². The average Bonchev–Trinajstić information content (AvgIpc) is 3.20. The van der Waals surface area contributed by atoms with Gasteiger partial charge in [0.05, 0.1) is 23.0 Å². The summed E-state index contributed by atoms with van der Waals surface area (Å²) in [5, 5.41) is 0. The summed E-state index contributed by atoms with van der Waals surface area (Å²) in [6.45, 7) is 0. The predicted molar refractivity (Wildman–Crippen MR) is 103 cm³/mol. The minimum atomic E-state index is -0.273. The van der Waals surface area contributed by atoms with E-state index in [4.69, 9.17) is 10.5 Å². The number of methoxy groups -OCH3 is 1. The Morgan fingerprint density at radius 3 is 2.72 bits per heavy atom. The molecule has 2 heterocycles. The second kappa shape index (κ2) is 6.56. The van der Waals surface area contributed by atoms with E-state index in [0.29, 0.717) is 10.8 Å². The van der Waals surface area contributed by atoms with Gasteiger partial charge in [-0.05, 0) is 36.5 Å². The third-order valence-corrected chi connectivity index (χ3v) is 6.28. The molecular weight excluding hydrogens is 332 g/mol. The first-order chi connectivity index (χ1) is 12.2.